The van der Waals surface area contributed by atoms with Crippen LogP contribution in [0.2, 0.25) is 5.02 Å². The summed E-state index contributed by atoms with van der Waals surface area (Å²) >= 11 is 9.26. The summed E-state index contributed by atoms with van der Waals surface area (Å²) in [6.07, 6.45) is 0. The number of aryl methyl sites for hydroxylation is 1. The van der Waals surface area contributed by atoms with Crippen LogP contribution in [0.3, 0.4) is 0 Å². The number of carbonyl (C=O) groups is 2. The van der Waals surface area contributed by atoms with E-state index in [1.54, 1.807) is 37.3 Å². The number of nitrogens with zero attached hydrogens (tertiary/aromatic N) is 1. The van der Waals surface area contributed by atoms with Crippen LogP contribution < -0.4 is 9.62 Å². The largest absolute Gasteiger partial charge is 0.478 e. The van der Waals surface area contributed by atoms with Crippen LogP contribution in [0.5, 0.6) is 0 Å². The second kappa shape index (κ2) is 10.4. The maximum atomic E-state index is 13.5. The number of nitrogens with one attached hydrogen (secondary N) is 1. The van der Waals surface area contributed by atoms with Crippen molar-refractivity contribution in [2.24, 2.45) is 0 Å². The summed E-state index contributed by atoms with van der Waals surface area (Å²) in [6, 6.07) is 17.0. The second-order valence-corrected chi connectivity index (χ2v) is 10.4. The fourth-order valence-electron chi connectivity index (χ4n) is 3.09. The zero-order valence-electron chi connectivity index (χ0n) is 17.5. The zero-order chi connectivity index (χ0) is 24.2. The highest BCUT2D eigenvalue weighted by molar-refractivity contribution is 9.10. The first-order valence-corrected chi connectivity index (χ1v) is 12.3. The van der Waals surface area contributed by atoms with Gasteiger partial charge >= 0.3 is 5.97 Å². The summed E-state index contributed by atoms with van der Waals surface area (Å²) in [7, 11) is -4.09. The minimum Gasteiger partial charge on any atom is -0.478 e. The molecule has 1 amide bonds. The van der Waals surface area contributed by atoms with Crippen LogP contribution in [0.25, 0.3) is 0 Å². The number of hydrogen-bond acceptors (Lipinski definition) is 4. The van der Waals surface area contributed by atoms with Crippen molar-refractivity contribution in [1.29, 1.82) is 0 Å². The number of hydrogen-bond donors (Lipinski definition) is 2. The van der Waals surface area contributed by atoms with Crippen molar-refractivity contribution in [2.75, 3.05) is 10.8 Å². The first kappa shape index (κ1) is 24.8. The molecule has 7 nitrogen and oxygen atoms in total. The molecule has 0 fully saturated rings. The van der Waals surface area contributed by atoms with Gasteiger partial charge in [0.2, 0.25) is 5.91 Å². The molecule has 0 aliphatic carbocycles. The van der Waals surface area contributed by atoms with Crippen LogP contribution in [-0.2, 0) is 21.4 Å². The lowest BCUT2D eigenvalue weighted by atomic mass is 10.1. The van der Waals surface area contributed by atoms with Gasteiger partial charge in [0.05, 0.1) is 16.1 Å². The summed E-state index contributed by atoms with van der Waals surface area (Å²) in [4.78, 5) is 23.9. The van der Waals surface area contributed by atoms with Gasteiger partial charge in [-0.1, -0.05) is 45.7 Å². The molecule has 172 valence electrons. The van der Waals surface area contributed by atoms with E-state index in [0.717, 1.165) is 4.31 Å². The van der Waals surface area contributed by atoms with Gasteiger partial charge in [0.1, 0.15) is 6.54 Å². The Kier molecular flexibility index (Phi) is 7.78. The molecule has 33 heavy (non-hydrogen) atoms. The zero-order valence-corrected chi connectivity index (χ0v) is 20.6. The van der Waals surface area contributed by atoms with E-state index in [1.165, 1.54) is 36.4 Å². The summed E-state index contributed by atoms with van der Waals surface area (Å²) in [5, 5.41) is 12.2. The summed E-state index contributed by atoms with van der Waals surface area (Å²) in [6.45, 7) is 1.33. The van der Waals surface area contributed by atoms with Gasteiger partial charge in [-0.2, -0.15) is 0 Å². The number of carboxylic acids is 1. The fourth-order valence-corrected chi connectivity index (χ4v) is 5.04. The lowest BCUT2D eigenvalue weighted by Gasteiger charge is -2.26. The normalized spacial score (nSPS) is 11.1. The van der Waals surface area contributed by atoms with Crippen molar-refractivity contribution < 1.29 is 23.1 Å². The van der Waals surface area contributed by atoms with E-state index in [-0.39, 0.29) is 17.0 Å². The Morgan fingerprint density at radius 1 is 1.06 bits per heavy atom. The molecule has 0 radical (unpaired) electrons. The Balaban J connectivity index is 1.89. The van der Waals surface area contributed by atoms with Gasteiger partial charge in [0, 0.05) is 16.0 Å². The highest BCUT2D eigenvalue weighted by Crippen LogP contribution is 2.30. The number of carbonyl (C=O) groups excluding carboxylic acids is 1. The SMILES string of the molecule is Cc1ccc(Br)cc1N(CC(=O)NCc1cccc(C(=O)O)c1)S(=O)(=O)c1ccc(Cl)cc1. The third-order valence-electron chi connectivity index (χ3n) is 4.79. The molecule has 3 aromatic rings. The van der Waals surface area contributed by atoms with Gasteiger partial charge in [0.15, 0.2) is 0 Å². The van der Waals surface area contributed by atoms with E-state index >= 15 is 0 Å². The van der Waals surface area contributed by atoms with Crippen LogP contribution in [-0.4, -0.2) is 31.9 Å². The van der Waals surface area contributed by atoms with Crippen LogP contribution in [0.15, 0.2) is 76.1 Å². The molecular weight excluding hydrogens is 532 g/mol. The monoisotopic (exact) mass is 550 g/mol. The van der Waals surface area contributed by atoms with Gasteiger partial charge in [-0.3, -0.25) is 9.10 Å². The molecule has 0 unspecified atom stereocenters. The molecule has 2 N–H and O–H groups in total. The number of aromatic carboxylic acids is 1. The highest BCUT2D eigenvalue weighted by Gasteiger charge is 2.28. The summed E-state index contributed by atoms with van der Waals surface area (Å²) < 4.78 is 28.6. The minimum absolute atomic E-state index is 0.00626. The average Bonchev–Trinajstić information content (AvgIpc) is 2.78. The van der Waals surface area contributed by atoms with E-state index < -0.39 is 28.4 Å². The van der Waals surface area contributed by atoms with Gasteiger partial charge in [-0.25, -0.2) is 13.2 Å². The molecule has 0 aromatic heterocycles. The smallest absolute Gasteiger partial charge is 0.335 e. The maximum absolute atomic E-state index is 13.5. The molecule has 0 saturated heterocycles. The number of rotatable bonds is 8. The molecule has 0 spiro atoms. The maximum Gasteiger partial charge on any atom is 0.335 e. The Labute approximate surface area is 205 Å². The van der Waals surface area contributed by atoms with Crippen molar-refractivity contribution in [3.8, 4) is 0 Å². The molecule has 0 aliphatic rings. The number of sulfonamides is 1. The van der Waals surface area contributed by atoms with Crippen molar-refractivity contribution in [3.63, 3.8) is 0 Å². The fraction of sp³-hybridized carbons (Fsp3) is 0.130. The molecule has 3 rings (SSSR count). The Hall–Kier alpha value is -2.88. The Morgan fingerprint density at radius 2 is 1.76 bits per heavy atom. The van der Waals surface area contributed by atoms with Gasteiger partial charge < -0.3 is 10.4 Å². The van der Waals surface area contributed by atoms with Gasteiger partial charge in [0.25, 0.3) is 10.0 Å². The lowest BCUT2D eigenvalue weighted by molar-refractivity contribution is -0.119. The topological polar surface area (TPSA) is 104 Å². The average molecular weight is 552 g/mol. The summed E-state index contributed by atoms with van der Waals surface area (Å²) in [5.74, 6) is -1.62. The van der Waals surface area contributed by atoms with E-state index in [9.17, 15) is 18.0 Å². The second-order valence-electron chi connectivity index (χ2n) is 7.18. The van der Waals surface area contributed by atoms with Crippen molar-refractivity contribution in [2.45, 2.75) is 18.4 Å². The molecular formula is C23H20BrClN2O5S. The quantitative estimate of drug-likeness (QED) is 0.425. The van der Waals surface area contributed by atoms with Gasteiger partial charge in [-0.15, -0.1) is 0 Å². The molecule has 10 heteroatoms. The molecule has 0 heterocycles. The number of halogens is 2. The predicted molar refractivity (Wildman–Crippen MR) is 130 cm³/mol. The molecule has 0 atom stereocenters. The minimum atomic E-state index is -4.09. The predicted octanol–water partition coefficient (Wildman–Crippen LogP) is 4.62. The van der Waals surface area contributed by atoms with Crippen LogP contribution in [0.1, 0.15) is 21.5 Å². The van der Waals surface area contributed by atoms with E-state index in [2.05, 4.69) is 21.2 Å². The number of anilines is 1. The highest BCUT2D eigenvalue weighted by atomic mass is 79.9. The molecule has 3 aromatic carbocycles. The van der Waals surface area contributed by atoms with Crippen molar-refractivity contribution in [3.05, 3.63) is 92.9 Å². The van der Waals surface area contributed by atoms with E-state index in [0.29, 0.717) is 26.3 Å². The van der Waals surface area contributed by atoms with Crippen molar-refractivity contribution >= 4 is 55.1 Å². The van der Waals surface area contributed by atoms with E-state index in [1.807, 2.05) is 0 Å². The van der Waals surface area contributed by atoms with Crippen LogP contribution in [0.4, 0.5) is 5.69 Å². The standard InChI is InChI=1S/C23H20BrClN2O5S/c1-15-5-6-18(24)12-21(15)27(33(31,32)20-9-7-19(25)8-10-20)14-22(28)26-13-16-3-2-4-17(11-16)23(29)30/h2-12H,13-14H2,1H3,(H,26,28)(H,29,30). The first-order valence-electron chi connectivity index (χ1n) is 9.71. The molecule has 0 aliphatic heterocycles. The third kappa shape index (κ3) is 6.13. The first-order chi connectivity index (χ1) is 15.6. The number of benzene rings is 3. The molecule has 0 bridgehead atoms. The number of carboxylic acid groups (broad SMARTS) is 1. The van der Waals surface area contributed by atoms with Gasteiger partial charge in [-0.05, 0) is 66.6 Å². The van der Waals surface area contributed by atoms with E-state index in [4.69, 9.17) is 16.7 Å². The van der Waals surface area contributed by atoms with Crippen LogP contribution in [0, 0.1) is 6.92 Å². The number of amides is 1. The molecule has 0 saturated carbocycles. The van der Waals surface area contributed by atoms with Crippen molar-refractivity contribution in [1.82, 2.24) is 5.32 Å². The lowest BCUT2D eigenvalue weighted by Crippen LogP contribution is -2.41. The Morgan fingerprint density at radius 3 is 2.42 bits per heavy atom. The Bertz CT molecular complexity index is 1300. The summed E-state index contributed by atoms with van der Waals surface area (Å²) in [5.41, 5.74) is 1.69. The van der Waals surface area contributed by atoms with Crippen LogP contribution >= 0.6 is 27.5 Å². The third-order valence-corrected chi connectivity index (χ3v) is 7.31.